The van der Waals surface area contributed by atoms with Gasteiger partial charge in [-0.05, 0) is 18.6 Å². The number of morpholine rings is 1. The minimum absolute atomic E-state index is 0.0353. The molecule has 4 nitrogen and oxygen atoms in total. The van der Waals surface area contributed by atoms with Crippen LogP contribution < -0.4 is 4.74 Å². The number of hydrogen-bond donors (Lipinski definition) is 0. The standard InChI is InChI=1S/C14H17Cl2NO3/c1-2-12(14(18)17-5-7-19-8-6-17)20-13-9-10(15)3-4-11(13)16/h3-4,9,12H,2,5-8H2,1H3/t12-/m1/s1. The number of rotatable bonds is 4. The number of hydrogen-bond acceptors (Lipinski definition) is 3. The van der Waals surface area contributed by atoms with Crippen LogP contribution in [0.25, 0.3) is 0 Å². The molecule has 0 aromatic heterocycles. The summed E-state index contributed by atoms with van der Waals surface area (Å²) in [5, 5.41) is 0.973. The maximum atomic E-state index is 12.4. The zero-order valence-electron chi connectivity index (χ0n) is 11.3. The van der Waals surface area contributed by atoms with Crippen LogP contribution in [0, 0.1) is 0 Å². The van der Waals surface area contributed by atoms with E-state index in [9.17, 15) is 4.79 Å². The molecule has 1 saturated heterocycles. The maximum Gasteiger partial charge on any atom is 0.263 e. The van der Waals surface area contributed by atoms with Crippen LogP contribution in [0.3, 0.4) is 0 Å². The second-order valence-electron chi connectivity index (χ2n) is 4.53. The summed E-state index contributed by atoms with van der Waals surface area (Å²) in [7, 11) is 0. The third kappa shape index (κ3) is 3.78. The van der Waals surface area contributed by atoms with Crippen LogP contribution in [-0.4, -0.2) is 43.2 Å². The van der Waals surface area contributed by atoms with Crippen molar-refractivity contribution < 1.29 is 14.3 Å². The number of carbonyl (C=O) groups excluding carboxylic acids is 1. The molecule has 20 heavy (non-hydrogen) atoms. The molecular weight excluding hydrogens is 301 g/mol. The molecule has 0 unspecified atom stereocenters. The van der Waals surface area contributed by atoms with E-state index in [1.165, 1.54) is 0 Å². The lowest BCUT2D eigenvalue weighted by molar-refractivity contribution is -0.142. The summed E-state index contributed by atoms with van der Waals surface area (Å²) in [6.45, 7) is 4.24. The Morgan fingerprint density at radius 2 is 2.10 bits per heavy atom. The highest BCUT2D eigenvalue weighted by molar-refractivity contribution is 6.34. The Morgan fingerprint density at radius 1 is 1.40 bits per heavy atom. The zero-order valence-corrected chi connectivity index (χ0v) is 12.8. The molecule has 1 amide bonds. The minimum Gasteiger partial charge on any atom is -0.479 e. The van der Waals surface area contributed by atoms with Gasteiger partial charge in [0.1, 0.15) is 5.75 Å². The second-order valence-corrected chi connectivity index (χ2v) is 5.37. The normalized spacial score (nSPS) is 16.9. The van der Waals surface area contributed by atoms with Gasteiger partial charge in [0, 0.05) is 24.2 Å². The predicted molar refractivity (Wildman–Crippen MR) is 78.6 cm³/mol. The van der Waals surface area contributed by atoms with Crippen molar-refractivity contribution in [2.45, 2.75) is 19.4 Å². The summed E-state index contributed by atoms with van der Waals surface area (Å²) in [4.78, 5) is 14.2. The Kier molecular flexibility index (Phi) is 5.52. The van der Waals surface area contributed by atoms with Gasteiger partial charge >= 0.3 is 0 Å². The van der Waals surface area contributed by atoms with E-state index >= 15 is 0 Å². The average Bonchev–Trinajstić information content (AvgIpc) is 2.48. The Balaban J connectivity index is 2.07. The Hall–Kier alpha value is -0.970. The van der Waals surface area contributed by atoms with Crippen molar-refractivity contribution in [3.8, 4) is 5.75 Å². The van der Waals surface area contributed by atoms with Crippen LogP contribution in [0.2, 0.25) is 10.0 Å². The van der Waals surface area contributed by atoms with E-state index in [0.29, 0.717) is 48.5 Å². The van der Waals surface area contributed by atoms with Gasteiger partial charge in [-0.3, -0.25) is 4.79 Å². The predicted octanol–water partition coefficient (Wildman–Crippen LogP) is 3.01. The fraction of sp³-hybridized carbons (Fsp3) is 0.500. The number of nitrogens with zero attached hydrogens (tertiary/aromatic N) is 1. The molecule has 1 aliphatic heterocycles. The van der Waals surface area contributed by atoms with Crippen LogP contribution in [0.1, 0.15) is 13.3 Å². The van der Waals surface area contributed by atoms with E-state index < -0.39 is 6.10 Å². The lowest BCUT2D eigenvalue weighted by atomic mass is 10.2. The zero-order chi connectivity index (χ0) is 14.5. The maximum absolute atomic E-state index is 12.4. The van der Waals surface area contributed by atoms with E-state index in [4.69, 9.17) is 32.7 Å². The molecule has 0 aliphatic carbocycles. The molecule has 1 atom stereocenters. The summed E-state index contributed by atoms with van der Waals surface area (Å²) in [5.41, 5.74) is 0. The van der Waals surface area contributed by atoms with Gasteiger partial charge < -0.3 is 14.4 Å². The first-order chi connectivity index (χ1) is 9.61. The van der Waals surface area contributed by atoms with Crippen LogP contribution in [0.4, 0.5) is 0 Å². The molecule has 110 valence electrons. The van der Waals surface area contributed by atoms with Crippen LogP contribution in [0.5, 0.6) is 5.75 Å². The van der Waals surface area contributed by atoms with E-state index in [1.807, 2.05) is 6.92 Å². The lowest BCUT2D eigenvalue weighted by Gasteiger charge is -2.30. The van der Waals surface area contributed by atoms with E-state index in [-0.39, 0.29) is 5.91 Å². The summed E-state index contributed by atoms with van der Waals surface area (Å²) in [5.74, 6) is 0.402. The van der Waals surface area contributed by atoms with Crippen molar-refractivity contribution in [2.24, 2.45) is 0 Å². The monoisotopic (exact) mass is 317 g/mol. The van der Waals surface area contributed by atoms with Gasteiger partial charge in [-0.2, -0.15) is 0 Å². The highest BCUT2D eigenvalue weighted by Crippen LogP contribution is 2.29. The third-order valence-electron chi connectivity index (χ3n) is 3.13. The smallest absolute Gasteiger partial charge is 0.263 e. The third-order valence-corrected chi connectivity index (χ3v) is 3.68. The van der Waals surface area contributed by atoms with Crippen LogP contribution in [0.15, 0.2) is 18.2 Å². The molecule has 0 spiro atoms. The molecule has 1 heterocycles. The summed E-state index contributed by atoms with van der Waals surface area (Å²) in [6.07, 6.45) is 0.0167. The molecule has 1 aromatic carbocycles. The number of carbonyl (C=O) groups is 1. The molecule has 6 heteroatoms. The SMILES string of the molecule is CC[C@@H](Oc1cc(Cl)ccc1Cl)C(=O)N1CCOCC1. The highest BCUT2D eigenvalue weighted by atomic mass is 35.5. The number of ether oxygens (including phenoxy) is 2. The summed E-state index contributed by atoms with van der Waals surface area (Å²) in [6, 6.07) is 4.96. The van der Waals surface area contributed by atoms with Crippen LogP contribution >= 0.6 is 23.2 Å². The van der Waals surface area contributed by atoms with Gasteiger partial charge in [0.15, 0.2) is 6.10 Å². The molecule has 0 saturated carbocycles. The second kappa shape index (κ2) is 7.16. The van der Waals surface area contributed by atoms with Gasteiger partial charge in [-0.15, -0.1) is 0 Å². The molecule has 0 N–H and O–H groups in total. The van der Waals surface area contributed by atoms with Crippen molar-refractivity contribution in [1.82, 2.24) is 4.90 Å². The molecule has 1 fully saturated rings. The number of amides is 1. The van der Waals surface area contributed by atoms with Gasteiger partial charge in [-0.1, -0.05) is 30.1 Å². The van der Waals surface area contributed by atoms with E-state index in [0.717, 1.165) is 0 Å². The first-order valence-electron chi connectivity index (χ1n) is 6.60. The van der Waals surface area contributed by atoms with E-state index in [2.05, 4.69) is 0 Å². The Labute approximate surface area is 128 Å². The topological polar surface area (TPSA) is 38.8 Å². The molecular formula is C14H17Cl2NO3. The fourth-order valence-corrected chi connectivity index (χ4v) is 2.34. The van der Waals surface area contributed by atoms with Gasteiger partial charge in [-0.25, -0.2) is 0 Å². The number of benzene rings is 1. The molecule has 0 bridgehead atoms. The summed E-state index contributed by atoms with van der Waals surface area (Å²) < 4.78 is 11.0. The highest BCUT2D eigenvalue weighted by Gasteiger charge is 2.26. The molecule has 1 aliphatic rings. The molecule has 0 radical (unpaired) electrons. The first kappa shape index (κ1) is 15.4. The Bertz CT molecular complexity index is 475. The molecule has 2 rings (SSSR count). The lowest BCUT2D eigenvalue weighted by Crippen LogP contribution is -2.47. The first-order valence-corrected chi connectivity index (χ1v) is 7.35. The van der Waals surface area contributed by atoms with Crippen molar-refractivity contribution >= 4 is 29.1 Å². The average molecular weight is 318 g/mol. The number of halogens is 2. The van der Waals surface area contributed by atoms with Crippen molar-refractivity contribution in [1.29, 1.82) is 0 Å². The van der Waals surface area contributed by atoms with Crippen LogP contribution in [-0.2, 0) is 9.53 Å². The van der Waals surface area contributed by atoms with Gasteiger partial charge in [0.25, 0.3) is 5.91 Å². The fourth-order valence-electron chi connectivity index (χ4n) is 2.02. The van der Waals surface area contributed by atoms with Gasteiger partial charge in [0.2, 0.25) is 0 Å². The molecule has 1 aromatic rings. The van der Waals surface area contributed by atoms with Crippen molar-refractivity contribution in [3.63, 3.8) is 0 Å². The van der Waals surface area contributed by atoms with Crippen molar-refractivity contribution in [2.75, 3.05) is 26.3 Å². The summed E-state index contributed by atoms with van der Waals surface area (Å²) >= 11 is 12.0. The quantitative estimate of drug-likeness (QED) is 0.857. The minimum atomic E-state index is -0.552. The van der Waals surface area contributed by atoms with Crippen molar-refractivity contribution in [3.05, 3.63) is 28.2 Å². The van der Waals surface area contributed by atoms with E-state index in [1.54, 1.807) is 23.1 Å². The largest absolute Gasteiger partial charge is 0.479 e. The van der Waals surface area contributed by atoms with Gasteiger partial charge in [0.05, 0.1) is 18.2 Å². The Morgan fingerprint density at radius 3 is 2.75 bits per heavy atom.